The van der Waals surface area contributed by atoms with Gasteiger partial charge >= 0.3 is 0 Å². The summed E-state index contributed by atoms with van der Waals surface area (Å²) >= 11 is 0. The molecule has 0 saturated heterocycles. The minimum Gasteiger partial charge on any atom is -0.310 e. The molecule has 1 heteroatoms. The van der Waals surface area contributed by atoms with Crippen molar-refractivity contribution in [1.29, 1.82) is 0 Å². The van der Waals surface area contributed by atoms with Crippen molar-refractivity contribution in [3.8, 4) is 33.4 Å². The summed E-state index contributed by atoms with van der Waals surface area (Å²) < 4.78 is 0. The van der Waals surface area contributed by atoms with E-state index in [1.807, 2.05) is 0 Å². The molecule has 0 aliphatic heterocycles. The maximum Gasteiger partial charge on any atom is 0.0546 e. The van der Waals surface area contributed by atoms with Crippen LogP contribution in [-0.4, -0.2) is 0 Å². The molecular formula is C48H33N. The van der Waals surface area contributed by atoms with Crippen LogP contribution in [0, 0.1) is 0 Å². The topological polar surface area (TPSA) is 3.24 Å². The Morgan fingerprint density at radius 3 is 1.67 bits per heavy atom. The van der Waals surface area contributed by atoms with Gasteiger partial charge in [-0.25, -0.2) is 0 Å². The Morgan fingerprint density at radius 2 is 0.878 bits per heavy atom. The summed E-state index contributed by atoms with van der Waals surface area (Å²) in [4.78, 5) is 2.43. The smallest absolute Gasteiger partial charge is 0.0546 e. The third-order valence-corrected chi connectivity index (χ3v) is 9.63. The summed E-state index contributed by atoms with van der Waals surface area (Å²) in [5.74, 6) is 0. The maximum atomic E-state index is 2.43. The van der Waals surface area contributed by atoms with Gasteiger partial charge in [-0.1, -0.05) is 164 Å². The van der Waals surface area contributed by atoms with E-state index in [9.17, 15) is 0 Å². The van der Waals surface area contributed by atoms with Crippen LogP contribution in [0.2, 0.25) is 0 Å². The van der Waals surface area contributed by atoms with Crippen molar-refractivity contribution >= 4 is 49.4 Å². The van der Waals surface area contributed by atoms with Crippen LogP contribution in [0.1, 0.15) is 0 Å². The highest BCUT2D eigenvalue weighted by molar-refractivity contribution is 6.17. The molecule has 0 unspecified atom stereocenters. The Bertz CT molecular complexity index is 2600. The molecular weight excluding hydrogens is 591 g/mol. The Kier molecular flexibility index (Phi) is 7.22. The van der Waals surface area contributed by atoms with E-state index in [2.05, 4.69) is 205 Å². The zero-order chi connectivity index (χ0) is 32.6. The van der Waals surface area contributed by atoms with Crippen molar-refractivity contribution in [2.45, 2.75) is 0 Å². The van der Waals surface area contributed by atoms with Gasteiger partial charge in [0.05, 0.1) is 5.69 Å². The molecule has 9 aromatic rings. The van der Waals surface area contributed by atoms with Crippen molar-refractivity contribution in [1.82, 2.24) is 0 Å². The minimum atomic E-state index is 1.11. The lowest BCUT2D eigenvalue weighted by Crippen LogP contribution is -2.12. The van der Waals surface area contributed by atoms with Crippen LogP contribution < -0.4 is 4.90 Å². The van der Waals surface area contributed by atoms with E-state index >= 15 is 0 Å². The molecule has 0 spiro atoms. The van der Waals surface area contributed by atoms with Crippen molar-refractivity contribution < 1.29 is 0 Å². The second-order valence-electron chi connectivity index (χ2n) is 12.5. The highest BCUT2D eigenvalue weighted by Gasteiger charge is 2.23. The molecule has 9 aromatic carbocycles. The van der Waals surface area contributed by atoms with Gasteiger partial charge in [-0.15, -0.1) is 0 Å². The average molecular weight is 624 g/mol. The standard InChI is InChI=1S/C48H33N/c1-3-17-35(18-4-1)40-23-11-12-26-43(40)45-28-15-29-47(48(45)46-33-37-20-9-10-24-41(37)42-25-13-14-27-44(42)46)49(38-21-5-2-6-22-38)39-31-30-34-16-7-8-19-36(34)32-39/h1-33H. The first-order valence-corrected chi connectivity index (χ1v) is 16.9. The fraction of sp³-hybridized carbons (Fsp3) is 0. The second kappa shape index (κ2) is 12.3. The predicted octanol–water partition coefficient (Wildman–Crippen LogP) is 13.6. The molecule has 0 saturated carbocycles. The molecule has 0 aromatic heterocycles. The van der Waals surface area contributed by atoms with E-state index in [-0.39, 0.29) is 0 Å². The highest BCUT2D eigenvalue weighted by Crippen LogP contribution is 2.49. The second-order valence-corrected chi connectivity index (χ2v) is 12.5. The van der Waals surface area contributed by atoms with Crippen molar-refractivity contribution in [3.05, 3.63) is 200 Å². The van der Waals surface area contributed by atoms with Crippen LogP contribution in [0.3, 0.4) is 0 Å². The molecule has 0 bridgehead atoms. The van der Waals surface area contributed by atoms with Crippen LogP contribution >= 0.6 is 0 Å². The van der Waals surface area contributed by atoms with Crippen molar-refractivity contribution in [3.63, 3.8) is 0 Å². The molecule has 0 atom stereocenters. The Labute approximate surface area is 287 Å². The molecule has 0 N–H and O–H groups in total. The Balaban J connectivity index is 1.42. The summed E-state index contributed by atoms with van der Waals surface area (Å²) in [6, 6.07) is 72.6. The number of hydrogen-bond acceptors (Lipinski definition) is 1. The van der Waals surface area contributed by atoms with E-state index in [0.717, 1.165) is 17.1 Å². The quantitative estimate of drug-likeness (QED) is 0.167. The molecule has 49 heavy (non-hydrogen) atoms. The van der Waals surface area contributed by atoms with Gasteiger partial charge in [-0.05, 0) is 96.5 Å². The molecule has 0 radical (unpaired) electrons. The fourth-order valence-electron chi connectivity index (χ4n) is 7.40. The molecule has 9 rings (SSSR count). The zero-order valence-electron chi connectivity index (χ0n) is 27.0. The van der Waals surface area contributed by atoms with Crippen LogP contribution in [0.25, 0.3) is 65.7 Å². The van der Waals surface area contributed by atoms with Crippen LogP contribution in [0.4, 0.5) is 17.1 Å². The third kappa shape index (κ3) is 5.13. The van der Waals surface area contributed by atoms with E-state index in [4.69, 9.17) is 0 Å². The number of anilines is 3. The Hall–Kier alpha value is -6.44. The lowest BCUT2D eigenvalue weighted by atomic mass is 9.85. The summed E-state index contributed by atoms with van der Waals surface area (Å²) in [6.07, 6.45) is 0. The minimum absolute atomic E-state index is 1.11. The molecule has 1 nitrogen and oxygen atoms in total. The normalized spacial score (nSPS) is 11.3. The number of nitrogens with zero attached hydrogens (tertiary/aromatic N) is 1. The SMILES string of the molecule is c1ccc(-c2ccccc2-c2cccc(N(c3ccccc3)c3ccc4ccccc4c3)c2-c2cc3ccccc3c3ccccc23)cc1. The predicted molar refractivity (Wildman–Crippen MR) is 210 cm³/mol. The van der Waals surface area contributed by atoms with Gasteiger partial charge in [0.1, 0.15) is 0 Å². The summed E-state index contributed by atoms with van der Waals surface area (Å²) in [7, 11) is 0. The highest BCUT2D eigenvalue weighted by atomic mass is 15.1. The molecule has 0 amide bonds. The van der Waals surface area contributed by atoms with Gasteiger partial charge in [0.15, 0.2) is 0 Å². The van der Waals surface area contributed by atoms with Crippen LogP contribution in [-0.2, 0) is 0 Å². The van der Waals surface area contributed by atoms with Gasteiger partial charge in [-0.3, -0.25) is 0 Å². The van der Waals surface area contributed by atoms with E-state index < -0.39 is 0 Å². The molecule has 0 aliphatic carbocycles. The van der Waals surface area contributed by atoms with Crippen molar-refractivity contribution in [2.24, 2.45) is 0 Å². The number of fused-ring (bicyclic) bond motifs is 4. The molecule has 230 valence electrons. The molecule has 0 aliphatic rings. The third-order valence-electron chi connectivity index (χ3n) is 9.63. The monoisotopic (exact) mass is 623 g/mol. The zero-order valence-corrected chi connectivity index (χ0v) is 27.0. The summed E-state index contributed by atoms with van der Waals surface area (Å²) in [6.45, 7) is 0. The largest absolute Gasteiger partial charge is 0.310 e. The average Bonchev–Trinajstić information content (AvgIpc) is 3.18. The van der Waals surface area contributed by atoms with Crippen LogP contribution in [0.15, 0.2) is 200 Å². The van der Waals surface area contributed by atoms with Crippen LogP contribution in [0.5, 0.6) is 0 Å². The number of hydrogen-bond donors (Lipinski definition) is 0. The van der Waals surface area contributed by atoms with E-state index in [1.54, 1.807) is 0 Å². The number of benzene rings is 9. The molecule has 0 fully saturated rings. The van der Waals surface area contributed by atoms with Gasteiger partial charge in [0.25, 0.3) is 0 Å². The number of para-hydroxylation sites is 1. The fourth-order valence-corrected chi connectivity index (χ4v) is 7.40. The van der Waals surface area contributed by atoms with Gasteiger partial charge in [0.2, 0.25) is 0 Å². The van der Waals surface area contributed by atoms with E-state index in [1.165, 1.54) is 65.7 Å². The van der Waals surface area contributed by atoms with Gasteiger partial charge in [-0.2, -0.15) is 0 Å². The first-order valence-electron chi connectivity index (χ1n) is 16.9. The lowest BCUT2D eigenvalue weighted by Gasteiger charge is -2.30. The van der Waals surface area contributed by atoms with Crippen molar-refractivity contribution in [2.75, 3.05) is 4.90 Å². The van der Waals surface area contributed by atoms with Gasteiger partial charge in [0, 0.05) is 16.9 Å². The maximum absolute atomic E-state index is 2.43. The molecule has 0 heterocycles. The lowest BCUT2D eigenvalue weighted by molar-refractivity contribution is 1.29. The first kappa shape index (κ1) is 28.8. The Morgan fingerprint density at radius 1 is 0.286 bits per heavy atom. The first-order chi connectivity index (χ1) is 24.3. The summed E-state index contributed by atoms with van der Waals surface area (Å²) in [5, 5.41) is 7.42. The number of rotatable bonds is 6. The van der Waals surface area contributed by atoms with E-state index in [0.29, 0.717) is 0 Å². The van der Waals surface area contributed by atoms with Gasteiger partial charge < -0.3 is 4.90 Å². The summed E-state index contributed by atoms with van der Waals surface area (Å²) in [5.41, 5.74) is 10.6.